The van der Waals surface area contributed by atoms with E-state index in [2.05, 4.69) is 93.7 Å². The highest BCUT2D eigenvalue weighted by molar-refractivity contribution is 5.71. The Morgan fingerprint density at radius 2 is 0.782 bits per heavy atom. The van der Waals surface area contributed by atoms with Crippen LogP contribution in [0, 0.1) is 0 Å². The van der Waals surface area contributed by atoms with Crippen molar-refractivity contribution in [1.82, 2.24) is 0 Å². The Hall–Kier alpha value is -3.15. The van der Waals surface area contributed by atoms with Crippen LogP contribution in [0.3, 0.4) is 0 Å². The molecule has 0 aliphatic carbocycles. The van der Waals surface area contributed by atoms with Gasteiger partial charge in [0.25, 0.3) is 0 Å². The van der Waals surface area contributed by atoms with E-state index in [0.717, 1.165) is 96.3 Å². The first-order chi connectivity index (χ1) is 27.0. The summed E-state index contributed by atoms with van der Waals surface area (Å²) in [5.41, 5.74) is 0. The fraction of sp³-hybridized carbons (Fsp3) is 0.694. The quantitative estimate of drug-likeness (QED) is 0.0204. The van der Waals surface area contributed by atoms with E-state index in [-0.39, 0.29) is 37.5 Å². The van der Waals surface area contributed by atoms with E-state index in [1.54, 1.807) is 0 Å². The topological polar surface area (TPSA) is 78.9 Å². The Morgan fingerprint density at radius 3 is 1.33 bits per heavy atom. The predicted molar refractivity (Wildman–Crippen MR) is 233 cm³/mol. The highest BCUT2D eigenvalue weighted by Gasteiger charge is 2.19. The van der Waals surface area contributed by atoms with E-state index < -0.39 is 6.10 Å². The van der Waals surface area contributed by atoms with Gasteiger partial charge in [0.15, 0.2) is 6.10 Å². The average Bonchev–Trinajstić information content (AvgIpc) is 3.18. The zero-order valence-corrected chi connectivity index (χ0v) is 35.7. The lowest BCUT2D eigenvalue weighted by Gasteiger charge is -2.18. The fourth-order valence-electron chi connectivity index (χ4n) is 5.78. The molecule has 0 saturated carbocycles. The monoisotopic (exact) mass is 767 g/mol. The molecule has 314 valence electrons. The molecule has 6 nitrogen and oxygen atoms in total. The van der Waals surface area contributed by atoms with Gasteiger partial charge in [-0.25, -0.2) is 0 Å². The van der Waals surface area contributed by atoms with E-state index in [1.807, 2.05) is 0 Å². The molecule has 0 spiro atoms. The second-order valence-corrected chi connectivity index (χ2v) is 14.6. The Morgan fingerprint density at radius 1 is 0.400 bits per heavy atom. The molecule has 0 aromatic carbocycles. The molecule has 0 amide bonds. The molecule has 0 heterocycles. The molecule has 0 aromatic rings. The molecule has 1 atom stereocenters. The standard InChI is InChI=1S/C49H82O6/c1-4-7-10-13-16-19-22-24-25-28-30-33-36-39-42-48(51)54-45-46(44-53-47(50)41-38-35-32-29-26-21-18-15-12-9-6-3)55-49(52)43-40-37-34-31-27-23-20-17-14-11-8-5-2/h8,11,15,17-18,20-21,25-28,31,46H,4-7,9-10,12-14,16,19,22-24,29-30,32-45H2,1-3H3/b11-8-,18-15-,20-17-,26-21-,28-25-,31-27-. The zero-order valence-electron chi connectivity index (χ0n) is 35.7. The normalized spacial score (nSPS) is 12.7. The van der Waals surface area contributed by atoms with Crippen molar-refractivity contribution >= 4 is 17.9 Å². The SMILES string of the molecule is CC/C=C\C/C=C\C/C=C\CCCCC(=O)OC(COC(=O)CCCCC/C=C\C=C/CCCC)COC(=O)CCCCC/C=C\CCCCCCCCC. The van der Waals surface area contributed by atoms with E-state index in [0.29, 0.717) is 19.3 Å². The van der Waals surface area contributed by atoms with Crippen LogP contribution in [0.1, 0.15) is 201 Å². The number of allylic oxidation sites excluding steroid dienone is 12. The van der Waals surface area contributed by atoms with Gasteiger partial charge in [0.2, 0.25) is 0 Å². The van der Waals surface area contributed by atoms with Gasteiger partial charge < -0.3 is 14.2 Å². The van der Waals surface area contributed by atoms with Crippen molar-refractivity contribution in [3.8, 4) is 0 Å². The van der Waals surface area contributed by atoms with Crippen LogP contribution in [0.5, 0.6) is 0 Å². The Balaban J connectivity index is 4.50. The van der Waals surface area contributed by atoms with Crippen LogP contribution in [-0.2, 0) is 28.6 Å². The molecule has 0 aliphatic heterocycles. The minimum Gasteiger partial charge on any atom is -0.462 e. The number of ether oxygens (including phenoxy) is 3. The number of hydrogen-bond acceptors (Lipinski definition) is 6. The largest absolute Gasteiger partial charge is 0.462 e. The number of rotatable bonds is 39. The lowest BCUT2D eigenvalue weighted by Crippen LogP contribution is -2.30. The minimum absolute atomic E-state index is 0.108. The molecule has 0 fully saturated rings. The Kier molecular flexibility index (Phi) is 41.1. The lowest BCUT2D eigenvalue weighted by molar-refractivity contribution is -0.167. The smallest absolute Gasteiger partial charge is 0.306 e. The van der Waals surface area contributed by atoms with Crippen LogP contribution >= 0.6 is 0 Å². The van der Waals surface area contributed by atoms with E-state index in [1.165, 1.54) is 57.8 Å². The first kappa shape index (κ1) is 51.9. The highest BCUT2D eigenvalue weighted by Crippen LogP contribution is 2.12. The Labute approximate surface area is 338 Å². The number of carbonyl (C=O) groups excluding carboxylic acids is 3. The molecule has 1 unspecified atom stereocenters. The Bertz CT molecular complexity index is 1070. The van der Waals surface area contributed by atoms with Crippen LogP contribution in [-0.4, -0.2) is 37.2 Å². The molecule has 0 saturated heterocycles. The summed E-state index contributed by atoms with van der Waals surface area (Å²) in [6.07, 6.45) is 53.2. The highest BCUT2D eigenvalue weighted by atomic mass is 16.6. The lowest BCUT2D eigenvalue weighted by atomic mass is 10.1. The van der Waals surface area contributed by atoms with Crippen LogP contribution in [0.2, 0.25) is 0 Å². The maximum absolute atomic E-state index is 12.7. The third kappa shape index (κ3) is 41.8. The predicted octanol–water partition coefficient (Wildman–Crippen LogP) is 14.3. The molecule has 0 bridgehead atoms. The van der Waals surface area contributed by atoms with Gasteiger partial charge in [-0.15, -0.1) is 0 Å². The van der Waals surface area contributed by atoms with Crippen molar-refractivity contribution < 1.29 is 28.6 Å². The van der Waals surface area contributed by atoms with E-state index in [9.17, 15) is 14.4 Å². The summed E-state index contributed by atoms with van der Waals surface area (Å²) in [6, 6.07) is 0. The molecule has 0 aromatic heterocycles. The van der Waals surface area contributed by atoms with Crippen molar-refractivity contribution in [2.24, 2.45) is 0 Å². The maximum atomic E-state index is 12.7. The van der Waals surface area contributed by atoms with Crippen LogP contribution < -0.4 is 0 Å². The summed E-state index contributed by atoms with van der Waals surface area (Å²) < 4.78 is 16.6. The second kappa shape index (κ2) is 43.6. The average molecular weight is 767 g/mol. The van der Waals surface area contributed by atoms with Gasteiger partial charge in [0.05, 0.1) is 0 Å². The maximum Gasteiger partial charge on any atom is 0.306 e. The van der Waals surface area contributed by atoms with Crippen molar-refractivity contribution in [3.05, 3.63) is 72.9 Å². The van der Waals surface area contributed by atoms with Gasteiger partial charge in [0.1, 0.15) is 13.2 Å². The summed E-state index contributed by atoms with van der Waals surface area (Å²) >= 11 is 0. The van der Waals surface area contributed by atoms with Crippen LogP contribution in [0.4, 0.5) is 0 Å². The minimum atomic E-state index is -0.809. The molecule has 0 rings (SSSR count). The van der Waals surface area contributed by atoms with Gasteiger partial charge in [-0.3, -0.25) is 14.4 Å². The number of carbonyl (C=O) groups is 3. The van der Waals surface area contributed by atoms with Gasteiger partial charge >= 0.3 is 17.9 Å². The molecule has 55 heavy (non-hydrogen) atoms. The third-order valence-electron chi connectivity index (χ3n) is 9.19. The van der Waals surface area contributed by atoms with Crippen molar-refractivity contribution in [1.29, 1.82) is 0 Å². The van der Waals surface area contributed by atoms with Gasteiger partial charge in [0, 0.05) is 19.3 Å². The van der Waals surface area contributed by atoms with Gasteiger partial charge in [-0.2, -0.15) is 0 Å². The number of unbranched alkanes of at least 4 members (excludes halogenated alkanes) is 17. The molecule has 0 radical (unpaired) electrons. The van der Waals surface area contributed by atoms with Crippen molar-refractivity contribution in [2.45, 2.75) is 207 Å². The number of esters is 3. The molecular formula is C49H82O6. The fourth-order valence-corrected chi connectivity index (χ4v) is 5.78. The van der Waals surface area contributed by atoms with Crippen LogP contribution in [0.25, 0.3) is 0 Å². The summed E-state index contributed by atoms with van der Waals surface area (Å²) in [6.45, 7) is 6.37. The van der Waals surface area contributed by atoms with Gasteiger partial charge in [-0.05, 0) is 96.3 Å². The van der Waals surface area contributed by atoms with E-state index >= 15 is 0 Å². The second-order valence-electron chi connectivity index (χ2n) is 14.6. The summed E-state index contributed by atoms with van der Waals surface area (Å²) in [5.74, 6) is -0.999. The first-order valence-electron chi connectivity index (χ1n) is 22.5. The molecule has 6 heteroatoms. The van der Waals surface area contributed by atoms with Crippen LogP contribution in [0.15, 0.2) is 72.9 Å². The zero-order chi connectivity index (χ0) is 40.1. The summed E-state index contributed by atoms with van der Waals surface area (Å²) in [7, 11) is 0. The molecular weight excluding hydrogens is 685 g/mol. The summed E-state index contributed by atoms with van der Waals surface area (Å²) in [5, 5.41) is 0. The van der Waals surface area contributed by atoms with Crippen molar-refractivity contribution in [2.75, 3.05) is 13.2 Å². The first-order valence-corrected chi connectivity index (χ1v) is 22.5. The molecule has 0 aliphatic rings. The van der Waals surface area contributed by atoms with E-state index in [4.69, 9.17) is 14.2 Å². The molecule has 0 N–H and O–H groups in total. The van der Waals surface area contributed by atoms with Gasteiger partial charge in [-0.1, -0.05) is 158 Å². The number of hydrogen-bond donors (Lipinski definition) is 0. The third-order valence-corrected chi connectivity index (χ3v) is 9.19. The van der Waals surface area contributed by atoms with Crippen molar-refractivity contribution in [3.63, 3.8) is 0 Å². The summed E-state index contributed by atoms with van der Waals surface area (Å²) in [4.78, 5) is 37.7.